The number of aromatic nitrogens is 1. The molecule has 0 bridgehead atoms. The molecule has 0 fully saturated rings. The summed E-state index contributed by atoms with van der Waals surface area (Å²) in [6, 6.07) is 3.45. The van der Waals surface area contributed by atoms with E-state index >= 15 is 0 Å². The number of Topliss-reactive ketones (excluding diaryl/α,β-unsaturated/α-hetero) is 1. The Morgan fingerprint density at radius 2 is 2.25 bits per heavy atom. The minimum Gasteiger partial charge on any atom is -0.494 e. The number of ether oxygens (including phenoxy) is 2. The monoisotopic (exact) mass is 223 g/mol. The van der Waals surface area contributed by atoms with E-state index in [1.165, 1.54) is 14.2 Å². The highest BCUT2D eigenvalue weighted by molar-refractivity contribution is 6.00. The summed E-state index contributed by atoms with van der Waals surface area (Å²) < 4.78 is 10.3. The lowest BCUT2D eigenvalue weighted by Gasteiger charge is -2.14. The number of carbonyl (C=O) groups excluding carboxylic acids is 1. The number of rotatable bonds is 6. The van der Waals surface area contributed by atoms with Gasteiger partial charge < -0.3 is 9.47 Å². The highest BCUT2D eigenvalue weighted by atomic mass is 16.5. The molecule has 1 atom stereocenters. The van der Waals surface area contributed by atoms with Crippen LogP contribution in [0.1, 0.15) is 30.3 Å². The highest BCUT2D eigenvalue weighted by Crippen LogP contribution is 2.18. The molecule has 88 valence electrons. The second kappa shape index (κ2) is 6.23. The first-order valence-corrected chi connectivity index (χ1v) is 5.30. The van der Waals surface area contributed by atoms with E-state index in [4.69, 9.17) is 9.47 Å². The minimum absolute atomic E-state index is 0.123. The van der Waals surface area contributed by atoms with Crippen LogP contribution in [-0.2, 0) is 4.74 Å². The van der Waals surface area contributed by atoms with Crippen molar-refractivity contribution in [3.63, 3.8) is 0 Å². The second-order valence-corrected chi connectivity index (χ2v) is 3.43. The number of pyridine rings is 1. The second-order valence-electron chi connectivity index (χ2n) is 3.43. The van der Waals surface area contributed by atoms with Crippen LogP contribution in [0.2, 0.25) is 0 Å². The van der Waals surface area contributed by atoms with Crippen molar-refractivity contribution < 1.29 is 14.3 Å². The van der Waals surface area contributed by atoms with Crippen molar-refractivity contribution in [3.05, 3.63) is 24.0 Å². The summed E-state index contributed by atoms with van der Waals surface area (Å²) in [6.07, 6.45) is 2.72. The smallest absolute Gasteiger partial charge is 0.213 e. The average molecular weight is 223 g/mol. The molecular weight excluding hydrogens is 206 g/mol. The van der Waals surface area contributed by atoms with Gasteiger partial charge in [-0.25, -0.2) is 4.98 Å². The Morgan fingerprint density at radius 3 is 2.81 bits per heavy atom. The van der Waals surface area contributed by atoms with E-state index in [0.29, 0.717) is 17.9 Å². The van der Waals surface area contributed by atoms with E-state index in [1.807, 2.05) is 6.92 Å². The molecule has 0 radical (unpaired) electrons. The van der Waals surface area contributed by atoms with Crippen LogP contribution in [0.25, 0.3) is 0 Å². The number of methoxy groups -OCH3 is 2. The van der Waals surface area contributed by atoms with Crippen molar-refractivity contribution in [1.82, 2.24) is 4.98 Å². The van der Waals surface area contributed by atoms with Gasteiger partial charge in [0.05, 0.1) is 7.11 Å². The Morgan fingerprint density at radius 1 is 1.50 bits per heavy atom. The molecule has 1 aromatic heterocycles. The molecule has 1 rings (SSSR count). The van der Waals surface area contributed by atoms with Crippen molar-refractivity contribution in [2.45, 2.75) is 25.9 Å². The number of hydrogen-bond donors (Lipinski definition) is 0. The van der Waals surface area contributed by atoms with Crippen molar-refractivity contribution in [2.75, 3.05) is 14.2 Å². The van der Waals surface area contributed by atoms with Crippen LogP contribution in [0.5, 0.6) is 5.75 Å². The van der Waals surface area contributed by atoms with E-state index in [0.717, 1.165) is 6.42 Å². The first-order valence-electron chi connectivity index (χ1n) is 5.30. The van der Waals surface area contributed by atoms with Gasteiger partial charge in [-0.2, -0.15) is 0 Å². The zero-order chi connectivity index (χ0) is 12.0. The van der Waals surface area contributed by atoms with Crippen LogP contribution in [0.4, 0.5) is 0 Å². The van der Waals surface area contributed by atoms with E-state index in [1.54, 1.807) is 18.3 Å². The lowest BCUT2D eigenvalue weighted by Crippen LogP contribution is -2.24. The van der Waals surface area contributed by atoms with Crippen molar-refractivity contribution >= 4 is 5.78 Å². The predicted molar refractivity (Wildman–Crippen MR) is 60.8 cm³/mol. The molecule has 4 nitrogen and oxygen atoms in total. The standard InChI is InChI=1S/C12H17NO3/c1-4-6-10(16-3)12(14)11-9(15-2)7-5-8-13-11/h5,7-8,10H,4,6H2,1-3H3. The lowest BCUT2D eigenvalue weighted by atomic mass is 10.1. The fraction of sp³-hybridized carbons (Fsp3) is 0.500. The molecule has 1 unspecified atom stereocenters. The SMILES string of the molecule is CCCC(OC)C(=O)c1ncccc1OC. The normalized spacial score (nSPS) is 12.2. The molecule has 0 aliphatic rings. The number of nitrogens with zero attached hydrogens (tertiary/aromatic N) is 1. The molecule has 0 aromatic carbocycles. The zero-order valence-corrected chi connectivity index (χ0v) is 9.90. The number of hydrogen-bond acceptors (Lipinski definition) is 4. The minimum atomic E-state index is -0.436. The first-order chi connectivity index (χ1) is 7.74. The Bertz CT molecular complexity index is 352. The molecule has 0 spiro atoms. The fourth-order valence-electron chi connectivity index (χ4n) is 1.51. The topological polar surface area (TPSA) is 48.4 Å². The predicted octanol–water partition coefficient (Wildman–Crippen LogP) is 2.09. The van der Waals surface area contributed by atoms with E-state index < -0.39 is 6.10 Å². The fourth-order valence-corrected chi connectivity index (χ4v) is 1.51. The summed E-state index contributed by atoms with van der Waals surface area (Å²) in [4.78, 5) is 16.1. The van der Waals surface area contributed by atoms with Gasteiger partial charge >= 0.3 is 0 Å². The van der Waals surface area contributed by atoms with Gasteiger partial charge in [-0.1, -0.05) is 13.3 Å². The summed E-state index contributed by atoms with van der Waals surface area (Å²) in [5, 5.41) is 0. The molecule has 1 aromatic rings. The van der Waals surface area contributed by atoms with Gasteiger partial charge in [-0.15, -0.1) is 0 Å². The van der Waals surface area contributed by atoms with Gasteiger partial charge in [-0.05, 0) is 18.6 Å². The Labute approximate surface area is 95.6 Å². The Kier molecular flexibility index (Phi) is 4.92. The molecule has 0 saturated heterocycles. The van der Waals surface area contributed by atoms with Crippen molar-refractivity contribution in [3.8, 4) is 5.75 Å². The van der Waals surface area contributed by atoms with Gasteiger partial charge in [0.15, 0.2) is 5.69 Å². The van der Waals surface area contributed by atoms with Crippen LogP contribution in [0.3, 0.4) is 0 Å². The van der Waals surface area contributed by atoms with Gasteiger partial charge in [0.25, 0.3) is 0 Å². The van der Waals surface area contributed by atoms with Gasteiger partial charge in [-0.3, -0.25) is 4.79 Å². The summed E-state index contributed by atoms with van der Waals surface area (Å²) in [7, 11) is 3.06. The maximum absolute atomic E-state index is 12.1. The molecular formula is C12H17NO3. The van der Waals surface area contributed by atoms with E-state index in [-0.39, 0.29) is 5.78 Å². The van der Waals surface area contributed by atoms with E-state index in [2.05, 4.69) is 4.98 Å². The van der Waals surface area contributed by atoms with Crippen LogP contribution in [0, 0.1) is 0 Å². The highest BCUT2D eigenvalue weighted by Gasteiger charge is 2.22. The molecule has 4 heteroatoms. The van der Waals surface area contributed by atoms with Crippen molar-refractivity contribution in [1.29, 1.82) is 0 Å². The van der Waals surface area contributed by atoms with Gasteiger partial charge in [0, 0.05) is 13.3 Å². The van der Waals surface area contributed by atoms with Crippen LogP contribution in [0.15, 0.2) is 18.3 Å². The average Bonchev–Trinajstić information content (AvgIpc) is 2.35. The van der Waals surface area contributed by atoms with Crippen LogP contribution < -0.4 is 4.74 Å². The molecule has 0 aliphatic carbocycles. The Hall–Kier alpha value is -1.42. The van der Waals surface area contributed by atoms with Gasteiger partial charge in [0.2, 0.25) is 5.78 Å². The van der Waals surface area contributed by atoms with Crippen molar-refractivity contribution in [2.24, 2.45) is 0 Å². The maximum atomic E-state index is 12.1. The Balaban J connectivity index is 2.93. The summed E-state index contributed by atoms with van der Waals surface area (Å²) in [6.45, 7) is 2.01. The van der Waals surface area contributed by atoms with Crippen LogP contribution in [-0.4, -0.2) is 31.1 Å². The number of ketones is 1. The van der Waals surface area contributed by atoms with Gasteiger partial charge in [0.1, 0.15) is 11.9 Å². The first kappa shape index (κ1) is 12.6. The zero-order valence-electron chi connectivity index (χ0n) is 9.90. The maximum Gasteiger partial charge on any atom is 0.213 e. The molecule has 0 saturated carbocycles. The molecule has 0 N–H and O–H groups in total. The third kappa shape index (κ3) is 2.79. The summed E-state index contributed by atoms with van der Waals surface area (Å²) in [5.41, 5.74) is 0.338. The third-order valence-electron chi connectivity index (χ3n) is 2.35. The quantitative estimate of drug-likeness (QED) is 0.693. The number of carbonyl (C=O) groups is 1. The lowest BCUT2D eigenvalue weighted by molar-refractivity contribution is 0.0570. The molecule has 0 aliphatic heterocycles. The molecule has 16 heavy (non-hydrogen) atoms. The third-order valence-corrected chi connectivity index (χ3v) is 2.35. The summed E-state index contributed by atoms with van der Waals surface area (Å²) >= 11 is 0. The summed E-state index contributed by atoms with van der Waals surface area (Å²) in [5.74, 6) is 0.368. The van der Waals surface area contributed by atoms with Crippen LogP contribution >= 0.6 is 0 Å². The van der Waals surface area contributed by atoms with E-state index in [9.17, 15) is 4.79 Å². The molecule has 1 heterocycles. The molecule has 0 amide bonds. The largest absolute Gasteiger partial charge is 0.494 e.